The monoisotopic (exact) mass is 392 g/mol. The first-order chi connectivity index (χ1) is 14.2. The van der Waals surface area contributed by atoms with Crippen LogP contribution in [0.25, 0.3) is 0 Å². The van der Waals surface area contributed by atoms with Crippen LogP contribution in [0.1, 0.15) is 50.2 Å². The maximum absolute atomic E-state index is 6.24. The van der Waals surface area contributed by atoms with Gasteiger partial charge in [0.05, 0.1) is 26.4 Å². The molecular weight excluding hydrogens is 356 g/mol. The van der Waals surface area contributed by atoms with Crippen LogP contribution in [-0.2, 0) is 22.7 Å². The van der Waals surface area contributed by atoms with Crippen molar-refractivity contribution in [3.63, 3.8) is 0 Å². The van der Waals surface area contributed by atoms with Gasteiger partial charge in [-0.2, -0.15) is 0 Å². The second-order valence-electron chi connectivity index (χ2n) is 8.67. The molecular formula is C27H36O2. The Bertz CT molecular complexity index is 664. The van der Waals surface area contributed by atoms with Gasteiger partial charge in [-0.05, 0) is 42.2 Å². The summed E-state index contributed by atoms with van der Waals surface area (Å²) in [7, 11) is 0. The molecule has 1 fully saturated rings. The van der Waals surface area contributed by atoms with Crippen LogP contribution in [0, 0.1) is 17.3 Å². The second-order valence-corrected chi connectivity index (χ2v) is 8.67. The summed E-state index contributed by atoms with van der Waals surface area (Å²) in [6.45, 7) is 9.26. The Morgan fingerprint density at radius 1 is 0.897 bits per heavy atom. The van der Waals surface area contributed by atoms with Crippen molar-refractivity contribution >= 4 is 0 Å². The molecule has 3 rings (SSSR count). The average molecular weight is 393 g/mol. The van der Waals surface area contributed by atoms with E-state index in [1.54, 1.807) is 0 Å². The first-order valence-corrected chi connectivity index (χ1v) is 11.1. The van der Waals surface area contributed by atoms with E-state index in [4.69, 9.17) is 9.47 Å². The number of hydrogen-bond donors (Lipinski definition) is 0. The SMILES string of the molecule is C=C[C@H]1CC(COCc2ccccc2)(COCc2ccccc2)C[C@@H]1CCCC. The maximum Gasteiger partial charge on any atom is 0.0717 e. The van der Waals surface area contributed by atoms with Crippen LogP contribution in [0.4, 0.5) is 0 Å². The largest absolute Gasteiger partial charge is 0.376 e. The number of hydrogen-bond acceptors (Lipinski definition) is 2. The Balaban J connectivity index is 1.62. The molecule has 0 heterocycles. The van der Waals surface area contributed by atoms with Gasteiger partial charge in [0.1, 0.15) is 0 Å². The Labute approximate surface area is 176 Å². The highest BCUT2D eigenvalue weighted by Gasteiger charge is 2.44. The Kier molecular flexibility index (Phi) is 8.52. The van der Waals surface area contributed by atoms with Crippen LogP contribution in [0.5, 0.6) is 0 Å². The Morgan fingerprint density at radius 2 is 1.45 bits per heavy atom. The lowest BCUT2D eigenvalue weighted by Crippen LogP contribution is -2.30. The lowest BCUT2D eigenvalue weighted by molar-refractivity contribution is -0.0325. The average Bonchev–Trinajstić information content (AvgIpc) is 3.11. The summed E-state index contributed by atoms with van der Waals surface area (Å²) in [6, 6.07) is 20.9. The second kappa shape index (κ2) is 11.3. The summed E-state index contributed by atoms with van der Waals surface area (Å²) in [6.07, 6.45) is 8.30. The van der Waals surface area contributed by atoms with E-state index in [1.165, 1.54) is 36.8 Å². The molecule has 1 saturated carbocycles. The quantitative estimate of drug-likeness (QED) is 0.369. The minimum Gasteiger partial charge on any atom is -0.376 e. The molecule has 1 aliphatic rings. The van der Waals surface area contributed by atoms with Gasteiger partial charge in [0.2, 0.25) is 0 Å². The van der Waals surface area contributed by atoms with Crippen LogP contribution in [-0.4, -0.2) is 13.2 Å². The fourth-order valence-electron chi connectivity index (χ4n) is 4.71. The van der Waals surface area contributed by atoms with Crippen LogP contribution < -0.4 is 0 Å². The van der Waals surface area contributed by atoms with E-state index in [2.05, 4.69) is 68.1 Å². The molecule has 0 spiro atoms. The predicted octanol–water partition coefficient (Wildman–Crippen LogP) is 6.81. The molecule has 0 aliphatic heterocycles. The van der Waals surface area contributed by atoms with E-state index in [1.807, 2.05) is 12.1 Å². The van der Waals surface area contributed by atoms with Gasteiger partial charge in [0.15, 0.2) is 0 Å². The molecule has 2 atom stereocenters. The first-order valence-electron chi connectivity index (χ1n) is 11.1. The van der Waals surface area contributed by atoms with Gasteiger partial charge in [0.25, 0.3) is 0 Å². The van der Waals surface area contributed by atoms with Gasteiger partial charge in [0, 0.05) is 5.41 Å². The zero-order chi connectivity index (χ0) is 20.4. The van der Waals surface area contributed by atoms with Crippen LogP contribution in [0.3, 0.4) is 0 Å². The van der Waals surface area contributed by atoms with Crippen molar-refractivity contribution in [3.05, 3.63) is 84.4 Å². The highest BCUT2D eigenvalue weighted by Crippen LogP contribution is 2.48. The summed E-state index contributed by atoms with van der Waals surface area (Å²) in [5.41, 5.74) is 2.54. The number of rotatable bonds is 12. The first kappa shape index (κ1) is 21.8. The van der Waals surface area contributed by atoms with E-state index in [9.17, 15) is 0 Å². The normalized spacial score (nSPS) is 20.6. The van der Waals surface area contributed by atoms with Crippen molar-refractivity contribution in [2.75, 3.05) is 13.2 Å². The Hall–Kier alpha value is -1.90. The minimum absolute atomic E-state index is 0.0842. The van der Waals surface area contributed by atoms with Gasteiger partial charge in [-0.15, -0.1) is 6.58 Å². The highest BCUT2D eigenvalue weighted by molar-refractivity contribution is 5.14. The molecule has 2 nitrogen and oxygen atoms in total. The lowest BCUT2D eigenvalue weighted by Gasteiger charge is -2.29. The lowest BCUT2D eigenvalue weighted by atomic mass is 9.86. The predicted molar refractivity (Wildman–Crippen MR) is 121 cm³/mol. The van der Waals surface area contributed by atoms with Crippen molar-refractivity contribution in [2.45, 2.75) is 52.2 Å². The third-order valence-corrected chi connectivity index (χ3v) is 6.24. The molecule has 0 saturated heterocycles. The van der Waals surface area contributed by atoms with Crippen LogP contribution >= 0.6 is 0 Å². The van der Waals surface area contributed by atoms with Crippen molar-refractivity contribution in [3.8, 4) is 0 Å². The van der Waals surface area contributed by atoms with Crippen molar-refractivity contribution < 1.29 is 9.47 Å². The number of unbranched alkanes of at least 4 members (excludes halogenated alkanes) is 1. The molecule has 1 aliphatic carbocycles. The van der Waals surface area contributed by atoms with Gasteiger partial charge in [-0.25, -0.2) is 0 Å². The molecule has 2 aromatic rings. The smallest absolute Gasteiger partial charge is 0.0717 e. The van der Waals surface area contributed by atoms with Crippen molar-refractivity contribution in [1.82, 2.24) is 0 Å². The summed E-state index contributed by atoms with van der Waals surface area (Å²) >= 11 is 0. The Morgan fingerprint density at radius 3 is 1.93 bits per heavy atom. The molecule has 0 N–H and O–H groups in total. The summed E-state index contributed by atoms with van der Waals surface area (Å²) in [5, 5.41) is 0. The van der Waals surface area contributed by atoms with Crippen LogP contribution in [0.2, 0.25) is 0 Å². The van der Waals surface area contributed by atoms with E-state index < -0.39 is 0 Å². The van der Waals surface area contributed by atoms with Gasteiger partial charge in [-0.3, -0.25) is 0 Å². The van der Waals surface area contributed by atoms with E-state index in [0.29, 0.717) is 25.0 Å². The molecule has 2 heteroatoms. The third-order valence-electron chi connectivity index (χ3n) is 6.24. The van der Waals surface area contributed by atoms with E-state index >= 15 is 0 Å². The summed E-state index contributed by atoms with van der Waals surface area (Å²) < 4.78 is 12.5. The standard InChI is InChI=1S/C27H36O2/c1-3-5-16-26-18-27(17-25(26)4-2,21-28-19-23-12-8-6-9-13-23)22-29-20-24-14-10-7-11-15-24/h4,6-15,25-26H,2-3,5,16-22H2,1H3/t25-,26-/m0/s1. The topological polar surface area (TPSA) is 18.5 Å². The van der Waals surface area contributed by atoms with Crippen LogP contribution in [0.15, 0.2) is 73.3 Å². The molecule has 0 amide bonds. The zero-order valence-corrected chi connectivity index (χ0v) is 17.9. The maximum atomic E-state index is 6.24. The molecule has 0 aromatic heterocycles. The molecule has 2 aromatic carbocycles. The van der Waals surface area contributed by atoms with E-state index in [-0.39, 0.29) is 5.41 Å². The van der Waals surface area contributed by atoms with E-state index in [0.717, 1.165) is 19.6 Å². The zero-order valence-electron chi connectivity index (χ0n) is 17.9. The van der Waals surface area contributed by atoms with Gasteiger partial charge in [-0.1, -0.05) is 86.5 Å². The third kappa shape index (κ3) is 6.55. The van der Waals surface area contributed by atoms with Crippen molar-refractivity contribution in [2.24, 2.45) is 17.3 Å². The molecule has 29 heavy (non-hydrogen) atoms. The highest BCUT2D eigenvalue weighted by atomic mass is 16.5. The fraction of sp³-hybridized carbons (Fsp3) is 0.481. The summed E-state index contributed by atoms with van der Waals surface area (Å²) in [5.74, 6) is 1.27. The number of benzene rings is 2. The minimum atomic E-state index is 0.0842. The van der Waals surface area contributed by atoms with Crippen molar-refractivity contribution in [1.29, 1.82) is 0 Å². The number of allylic oxidation sites excluding steroid dienone is 1. The fourth-order valence-corrected chi connectivity index (χ4v) is 4.71. The summed E-state index contributed by atoms with van der Waals surface area (Å²) in [4.78, 5) is 0. The molecule has 0 unspecified atom stereocenters. The number of ether oxygens (including phenoxy) is 2. The van der Waals surface area contributed by atoms with Gasteiger partial charge >= 0.3 is 0 Å². The molecule has 0 bridgehead atoms. The van der Waals surface area contributed by atoms with Gasteiger partial charge < -0.3 is 9.47 Å². The molecule has 156 valence electrons. The molecule has 0 radical (unpaired) electrons.